The number of piperidine rings is 1. The van der Waals surface area contributed by atoms with Gasteiger partial charge in [0, 0.05) is 34.7 Å². The van der Waals surface area contributed by atoms with Crippen molar-refractivity contribution in [2.75, 3.05) is 13.1 Å². The molecule has 0 N–H and O–H groups in total. The molecule has 2 aromatic carbocycles. The molecule has 0 aliphatic carbocycles. The molecule has 0 unspecified atom stereocenters. The maximum atomic E-state index is 14.5. The maximum absolute atomic E-state index is 14.5. The van der Waals surface area contributed by atoms with Crippen molar-refractivity contribution in [2.45, 2.75) is 59.8 Å². The molecule has 0 radical (unpaired) electrons. The number of hydrogen-bond acceptors (Lipinski definition) is 4. The smallest absolute Gasteiger partial charge is 0.265 e. The van der Waals surface area contributed by atoms with Gasteiger partial charge in [0.25, 0.3) is 11.5 Å². The fourth-order valence-electron chi connectivity index (χ4n) is 5.70. The lowest BCUT2D eigenvalue weighted by molar-refractivity contribution is 0.0681. The molecule has 1 atom stereocenters. The number of aromatic nitrogens is 2. The first-order chi connectivity index (χ1) is 20.2. The van der Waals surface area contributed by atoms with Gasteiger partial charge in [-0.05, 0) is 73.4 Å². The van der Waals surface area contributed by atoms with E-state index < -0.39 is 0 Å². The molecule has 8 heteroatoms. The summed E-state index contributed by atoms with van der Waals surface area (Å²) < 4.78 is 1.70. The Labute approximate surface area is 262 Å². The molecule has 1 aliphatic heterocycles. The molecule has 0 bridgehead atoms. The molecular weight excluding hydrogens is 585 g/mol. The topological polar surface area (TPSA) is 55.2 Å². The monoisotopic (exact) mass is 621 g/mol. The normalized spacial score (nSPS) is 15.4. The van der Waals surface area contributed by atoms with Crippen molar-refractivity contribution < 1.29 is 4.79 Å². The van der Waals surface area contributed by atoms with Crippen LogP contribution in [0.15, 0.2) is 58.7 Å². The van der Waals surface area contributed by atoms with Crippen molar-refractivity contribution in [3.63, 3.8) is 0 Å². The minimum atomic E-state index is -0.221. The standard InChI is InChI=1S/C34H37Cl2N3O2S/c1-5-7-23-9-14-28(36)31(17-23)39-30(16-21(2)3)26(33(40)38-15-6-8-22(4)19-38)18-27(34(39)41)32-37-29(20-42-32)24-10-12-25(35)13-11-24/h9-14,17-18,20-22H,5-8,15-16,19H2,1-4H3/t22-/m1/s1. The largest absolute Gasteiger partial charge is 0.338 e. The van der Waals surface area contributed by atoms with Gasteiger partial charge in [0.2, 0.25) is 0 Å². The average molecular weight is 623 g/mol. The van der Waals surface area contributed by atoms with Gasteiger partial charge >= 0.3 is 0 Å². The van der Waals surface area contributed by atoms with Crippen LogP contribution in [0.5, 0.6) is 0 Å². The summed E-state index contributed by atoms with van der Waals surface area (Å²) in [7, 11) is 0. The highest BCUT2D eigenvalue weighted by molar-refractivity contribution is 7.13. The number of benzene rings is 2. The zero-order valence-corrected chi connectivity index (χ0v) is 27.0. The van der Waals surface area contributed by atoms with E-state index in [1.807, 2.05) is 52.7 Å². The number of nitrogens with zero attached hydrogens (tertiary/aromatic N) is 3. The van der Waals surface area contributed by atoms with Crippen LogP contribution in [0.1, 0.15) is 68.6 Å². The number of amides is 1. The van der Waals surface area contributed by atoms with Gasteiger partial charge in [0.1, 0.15) is 5.01 Å². The molecule has 5 rings (SSSR count). The average Bonchev–Trinajstić information content (AvgIpc) is 3.45. The first-order valence-electron chi connectivity index (χ1n) is 14.7. The summed E-state index contributed by atoms with van der Waals surface area (Å²) in [6.45, 7) is 9.95. The van der Waals surface area contributed by atoms with E-state index in [-0.39, 0.29) is 17.4 Å². The van der Waals surface area contributed by atoms with Crippen LogP contribution in [0.4, 0.5) is 0 Å². The number of halogens is 2. The van der Waals surface area contributed by atoms with Crippen LogP contribution in [0.2, 0.25) is 10.0 Å². The summed E-state index contributed by atoms with van der Waals surface area (Å²) in [5.41, 5.74) is 4.80. The summed E-state index contributed by atoms with van der Waals surface area (Å²) in [5.74, 6) is 0.604. The molecule has 1 amide bonds. The van der Waals surface area contributed by atoms with E-state index in [1.54, 1.807) is 10.6 Å². The minimum absolute atomic E-state index is 0.0393. The van der Waals surface area contributed by atoms with Crippen molar-refractivity contribution in [2.24, 2.45) is 11.8 Å². The third kappa shape index (κ3) is 6.51. The third-order valence-electron chi connectivity index (χ3n) is 7.74. The van der Waals surface area contributed by atoms with Crippen LogP contribution >= 0.6 is 34.5 Å². The summed E-state index contributed by atoms with van der Waals surface area (Å²) in [6.07, 6.45) is 4.48. The SMILES string of the molecule is CCCc1ccc(Cl)c(-n2c(CC(C)C)c(C(=O)N3CCC[C@@H](C)C3)cc(-c3nc(-c4ccc(Cl)cc4)cs3)c2=O)c1. The number of aryl methyl sites for hydroxylation is 1. The van der Waals surface area contributed by atoms with Gasteiger partial charge in [-0.1, -0.05) is 75.5 Å². The number of likely N-dealkylation sites (tertiary alicyclic amines) is 1. The van der Waals surface area contributed by atoms with E-state index in [4.69, 9.17) is 28.2 Å². The Balaban J connectivity index is 1.76. The van der Waals surface area contributed by atoms with E-state index >= 15 is 0 Å². The quantitative estimate of drug-likeness (QED) is 0.197. The van der Waals surface area contributed by atoms with Gasteiger partial charge in [-0.3, -0.25) is 14.2 Å². The summed E-state index contributed by atoms with van der Waals surface area (Å²) >= 11 is 14.3. The third-order valence-corrected chi connectivity index (χ3v) is 9.19. The molecule has 220 valence electrons. The van der Waals surface area contributed by atoms with E-state index in [1.165, 1.54) is 11.3 Å². The van der Waals surface area contributed by atoms with Crippen molar-refractivity contribution in [1.29, 1.82) is 0 Å². The van der Waals surface area contributed by atoms with Crippen molar-refractivity contribution in [1.82, 2.24) is 14.5 Å². The zero-order chi connectivity index (χ0) is 30.0. The molecule has 1 saturated heterocycles. The Morgan fingerprint density at radius 2 is 1.88 bits per heavy atom. The molecule has 1 aliphatic rings. The Hall–Kier alpha value is -2.93. The van der Waals surface area contributed by atoms with Gasteiger partial charge in [-0.2, -0.15) is 0 Å². The Morgan fingerprint density at radius 3 is 2.57 bits per heavy atom. The minimum Gasteiger partial charge on any atom is -0.338 e. The Kier molecular flexibility index (Phi) is 9.56. The lowest BCUT2D eigenvalue weighted by Crippen LogP contribution is -2.40. The second-order valence-corrected chi connectivity index (χ2v) is 13.4. The lowest BCUT2D eigenvalue weighted by Gasteiger charge is -2.32. The summed E-state index contributed by atoms with van der Waals surface area (Å²) in [5, 5.41) is 3.63. The molecule has 4 aromatic rings. The van der Waals surface area contributed by atoms with E-state index in [9.17, 15) is 9.59 Å². The van der Waals surface area contributed by atoms with E-state index in [0.29, 0.717) is 63.0 Å². The number of hydrogen-bond donors (Lipinski definition) is 0. The van der Waals surface area contributed by atoms with Crippen LogP contribution in [0.3, 0.4) is 0 Å². The number of thiazole rings is 1. The molecule has 42 heavy (non-hydrogen) atoms. The molecule has 0 saturated carbocycles. The van der Waals surface area contributed by atoms with Crippen LogP contribution < -0.4 is 5.56 Å². The van der Waals surface area contributed by atoms with Crippen LogP contribution in [0, 0.1) is 11.8 Å². The lowest BCUT2D eigenvalue weighted by atomic mass is 9.96. The first-order valence-corrected chi connectivity index (χ1v) is 16.4. The molecule has 5 nitrogen and oxygen atoms in total. The van der Waals surface area contributed by atoms with Crippen LogP contribution in [-0.4, -0.2) is 33.4 Å². The molecule has 1 fully saturated rings. The molecule has 3 heterocycles. The van der Waals surface area contributed by atoms with E-state index in [2.05, 4.69) is 27.7 Å². The summed E-state index contributed by atoms with van der Waals surface area (Å²) in [4.78, 5) is 35.6. The Bertz CT molecular complexity index is 1640. The van der Waals surface area contributed by atoms with Gasteiger partial charge in [0.15, 0.2) is 0 Å². The number of rotatable bonds is 8. The van der Waals surface area contributed by atoms with Gasteiger partial charge in [0.05, 0.1) is 27.5 Å². The van der Waals surface area contributed by atoms with Gasteiger partial charge < -0.3 is 4.90 Å². The van der Waals surface area contributed by atoms with E-state index in [0.717, 1.165) is 42.5 Å². The van der Waals surface area contributed by atoms with Crippen molar-refractivity contribution >= 4 is 40.4 Å². The predicted octanol–water partition coefficient (Wildman–Crippen LogP) is 8.96. The Morgan fingerprint density at radius 1 is 1.12 bits per heavy atom. The van der Waals surface area contributed by atoms with Crippen molar-refractivity contribution in [3.8, 4) is 27.5 Å². The van der Waals surface area contributed by atoms with Gasteiger partial charge in [-0.25, -0.2) is 4.98 Å². The van der Waals surface area contributed by atoms with Crippen LogP contribution in [0.25, 0.3) is 27.5 Å². The highest BCUT2D eigenvalue weighted by Crippen LogP contribution is 2.32. The van der Waals surface area contributed by atoms with Crippen molar-refractivity contribution in [3.05, 3.63) is 91.1 Å². The second kappa shape index (κ2) is 13.2. The molecular formula is C34H37Cl2N3O2S. The van der Waals surface area contributed by atoms with Gasteiger partial charge in [-0.15, -0.1) is 11.3 Å². The highest BCUT2D eigenvalue weighted by Gasteiger charge is 2.29. The maximum Gasteiger partial charge on any atom is 0.265 e. The molecule has 2 aromatic heterocycles. The zero-order valence-electron chi connectivity index (χ0n) is 24.6. The number of carbonyl (C=O) groups is 1. The first kappa shape index (κ1) is 30.5. The predicted molar refractivity (Wildman–Crippen MR) is 175 cm³/mol. The highest BCUT2D eigenvalue weighted by atomic mass is 35.5. The molecule has 0 spiro atoms. The van der Waals surface area contributed by atoms with Crippen LogP contribution in [-0.2, 0) is 12.8 Å². The number of pyridine rings is 1. The number of carbonyl (C=O) groups excluding carboxylic acids is 1. The fourth-order valence-corrected chi connectivity index (χ4v) is 6.87. The summed E-state index contributed by atoms with van der Waals surface area (Å²) in [6, 6.07) is 15.1. The fraction of sp³-hybridized carbons (Fsp3) is 0.382. The second-order valence-electron chi connectivity index (χ2n) is 11.7.